The van der Waals surface area contributed by atoms with Crippen LogP contribution in [0.25, 0.3) is 0 Å². The van der Waals surface area contributed by atoms with E-state index >= 15 is 0 Å². The molecule has 0 bridgehead atoms. The summed E-state index contributed by atoms with van der Waals surface area (Å²) in [6, 6.07) is 3.81. The molecule has 1 aliphatic rings. The first-order valence-corrected chi connectivity index (χ1v) is 9.13. The van der Waals surface area contributed by atoms with Crippen molar-refractivity contribution in [2.45, 2.75) is 17.6 Å². The van der Waals surface area contributed by atoms with Gasteiger partial charge in [-0.2, -0.15) is 31.4 Å². The third-order valence-electron chi connectivity index (χ3n) is 3.10. The first-order chi connectivity index (χ1) is 10.7. The Hall–Kier alpha value is -1.74. The van der Waals surface area contributed by atoms with Crippen LogP contribution in [0.3, 0.4) is 0 Å². The molecule has 0 saturated carbocycles. The predicted octanol–water partition coefficient (Wildman–Crippen LogP) is -0.758. The number of aliphatic imine (C=N–C) groups is 1. The van der Waals surface area contributed by atoms with E-state index in [0.717, 1.165) is 12.1 Å². The largest absolute Gasteiger partial charge is 0.416 e. The van der Waals surface area contributed by atoms with Crippen molar-refractivity contribution in [3.63, 3.8) is 0 Å². The number of nitrogens with two attached hydrogens (primary N) is 2. The summed E-state index contributed by atoms with van der Waals surface area (Å²) in [5.41, 5.74) is 0.907. The summed E-state index contributed by atoms with van der Waals surface area (Å²) in [5, 5.41) is 9.90. The number of hydrazine groups is 1. The number of rotatable bonds is 4. The van der Waals surface area contributed by atoms with Gasteiger partial charge in [-0.15, -0.1) is 0 Å². The van der Waals surface area contributed by atoms with E-state index in [1.807, 2.05) is 5.43 Å². The van der Waals surface area contributed by atoms with Crippen LogP contribution in [0.15, 0.2) is 29.3 Å². The van der Waals surface area contributed by atoms with Gasteiger partial charge in [-0.3, -0.25) is 0 Å². The van der Waals surface area contributed by atoms with Gasteiger partial charge in [0.15, 0.2) is 0 Å². The van der Waals surface area contributed by atoms with Gasteiger partial charge in [0.25, 0.3) is 10.0 Å². The van der Waals surface area contributed by atoms with Crippen molar-refractivity contribution in [2.75, 3.05) is 0 Å². The van der Waals surface area contributed by atoms with Gasteiger partial charge in [0, 0.05) is 6.42 Å². The van der Waals surface area contributed by atoms with E-state index in [1.165, 1.54) is 6.07 Å². The minimum Gasteiger partial charge on any atom is -0.232 e. The number of hydrogen-bond donors (Lipinski definition) is 3. The van der Waals surface area contributed by atoms with Crippen molar-refractivity contribution in [3.8, 4) is 0 Å². The molecule has 2 rings (SSSR count). The van der Waals surface area contributed by atoms with E-state index in [1.54, 1.807) is 0 Å². The zero-order chi connectivity index (χ0) is 18.4. The average Bonchev–Trinajstić information content (AvgIpc) is 2.83. The minimum atomic E-state index is -4.64. The Morgan fingerprint density at radius 2 is 1.83 bits per heavy atom. The summed E-state index contributed by atoms with van der Waals surface area (Å²) in [7, 11) is -8.94. The lowest BCUT2D eigenvalue weighted by atomic mass is 10.1. The van der Waals surface area contributed by atoms with E-state index in [-0.39, 0.29) is 9.98 Å². The van der Waals surface area contributed by atoms with Crippen molar-refractivity contribution in [1.29, 1.82) is 0 Å². The summed E-state index contributed by atoms with van der Waals surface area (Å²) in [5.74, 6) is 0. The number of hydrogen-bond acceptors (Lipinski definition) is 6. The number of nitrogens with one attached hydrogen (secondary N) is 1. The fourth-order valence-electron chi connectivity index (χ4n) is 1.96. The zero-order valence-electron chi connectivity index (χ0n) is 11.7. The molecule has 5 N–H and O–H groups in total. The maximum atomic E-state index is 12.7. The SMILES string of the molecule is NS(=O)(=O)N1C=NC(Cc2cccc(C(F)(F)F)c2)(S(N)(=O)=O)N1. The third kappa shape index (κ3) is 3.67. The standard InChI is InChI=1S/C10H12F3N5O4S2/c11-10(12,13)8-3-1-2-7(4-8)5-9(23(14,19)20)16-6-18(17-9)24(15,21)22/h1-4,6,17H,5H2,(H2,14,19,20)(H2,15,21,22). The van der Waals surface area contributed by atoms with Crippen LogP contribution >= 0.6 is 0 Å². The number of benzene rings is 1. The second-order valence-corrected chi connectivity index (χ2v) is 8.09. The molecular formula is C10H12F3N5O4S2. The van der Waals surface area contributed by atoms with Gasteiger partial charge >= 0.3 is 16.4 Å². The summed E-state index contributed by atoms with van der Waals surface area (Å²) < 4.78 is 84.6. The maximum absolute atomic E-state index is 12.7. The molecule has 1 atom stereocenters. The van der Waals surface area contributed by atoms with Crippen LogP contribution in [-0.4, -0.2) is 32.6 Å². The Bertz CT molecular complexity index is 884. The van der Waals surface area contributed by atoms with Crippen molar-refractivity contribution in [3.05, 3.63) is 35.4 Å². The van der Waals surface area contributed by atoms with Crippen molar-refractivity contribution >= 4 is 26.6 Å². The molecule has 14 heteroatoms. The lowest BCUT2D eigenvalue weighted by molar-refractivity contribution is -0.137. The first-order valence-electron chi connectivity index (χ1n) is 6.08. The van der Waals surface area contributed by atoms with Gasteiger partial charge in [0.2, 0.25) is 4.99 Å². The Morgan fingerprint density at radius 3 is 2.29 bits per heavy atom. The Morgan fingerprint density at radius 1 is 1.21 bits per heavy atom. The second kappa shape index (κ2) is 5.66. The Balaban J connectivity index is 2.42. The molecule has 0 fully saturated rings. The van der Waals surface area contributed by atoms with Crippen LogP contribution in [0, 0.1) is 0 Å². The summed E-state index contributed by atoms with van der Waals surface area (Å²) >= 11 is 0. The highest BCUT2D eigenvalue weighted by Gasteiger charge is 2.48. The van der Waals surface area contributed by atoms with Crippen LogP contribution in [0.1, 0.15) is 11.1 Å². The van der Waals surface area contributed by atoms with Crippen LogP contribution in [0.5, 0.6) is 0 Å². The molecule has 9 nitrogen and oxygen atoms in total. The lowest BCUT2D eigenvalue weighted by Gasteiger charge is -2.26. The molecule has 0 spiro atoms. The molecule has 1 unspecified atom stereocenters. The molecule has 1 aromatic carbocycles. The van der Waals surface area contributed by atoms with Crippen molar-refractivity contribution < 1.29 is 30.0 Å². The van der Waals surface area contributed by atoms with Gasteiger partial charge in [-0.05, 0) is 11.6 Å². The number of sulfonamides is 1. The summed E-state index contributed by atoms with van der Waals surface area (Å²) in [6.45, 7) is 0. The van der Waals surface area contributed by atoms with Gasteiger partial charge in [0.05, 0.1) is 5.56 Å². The number of nitrogens with zero attached hydrogens (tertiary/aromatic N) is 2. The fourth-order valence-corrected chi connectivity index (χ4v) is 3.26. The van der Waals surface area contributed by atoms with Gasteiger partial charge in [-0.25, -0.2) is 23.7 Å². The Labute approximate surface area is 135 Å². The highest BCUT2D eigenvalue weighted by atomic mass is 32.2. The number of primary sulfonamides is 1. The fraction of sp³-hybridized carbons (Fsp3) is 0.300. The number of halogens is 3. The molecular weight excluding hydrogens is 375 g/mol. The molecule has 24 heavy (non-hydrogen) atoms. The second-order valence-electron chi connectivity index (χ2n) is 4.90. The molecule has 0 aromatic heterocycles. The van der Waals surface area contributed by atoms with E-state index in [0.29, 0.717) is 12.4 Å². The van der Waals surface area contributed by atoms with Gasteiger partial charge in [0.1, 0.15) is 6.34 Å². The molecule has 1 heterocycles. The topological polar surface area (TPSA) is 148 Å². The lowest BCUT2D eigenvalue weighted by Crippen LogP contribution is -2.58. The molecule has 134 valence electrons. The van der Waals surface area contributed by atoms with Crippen molar-refractivity contribution in [1.82, 2.24) is 9.84 Å². The first kappa shape index (κ1) is 18.6. The average molecular weight is 387 g/mol. The molecule has 1 aliphatic heterocycles. The minimum absolute atomic E-state index is 0.0835. The van der Waals surface area contributed by atoms with E-state index < -0.39 is 43.4 Å². The molecule has 0 saturated heterocycles. The Kier molecular flexibility index (Phi) is 4.39. The molecule has 0 amide bonds. The predicted molar refractivity (Wildman–Crippen MR) is 77.6 cm³/mol. The zero-order valence-corrected chi connectivity index (χ0v) is 13.4. The highest BCUT2D eigenvalue weighted by Crippen LogP contribution is 2.31. The smallest absolute Gasteiger partial charge is 0.232 e. The van der Waals surface area contributed by atoms with Gasteiger partial charge in [-0.1, -0.05) is 18.2 Å². The third-order valence-corrected chi connectivity index (χ3v) is 5.12. The molecule has 0 radical (unpaired) electrons. The van der Waals surface area contributed by atoms with Crippen molar-refractivity contribution in [2.24, 2.45) is 15.3 Å². The summed E-state index contributed by atoms with van der Waals surface area (Å²) in [4.78, 5) is 1.11. The highest BCUT2D eigenvalue weighted by molar-refractivity contribution is 7.90. The maximum Gasteiger partial charge on any atom is 0.416 e. The normalized spacial score (nSPS) is 22.1. The van der Waals surface area contributed by atoms with Crippen LogP contribution in [0.4, 0.5) is 13.2 Å². The quantitative estimate of drug-likeness (QED) is 0.621. The van der Waals surface area contributed by atoms with Crippen LogP contribution in [-0.2, 0) is 32.8 Å². The monoisotopic (exact) mass is 387 g/mol. The molecule has 1 aromatic rings. The van der Waals surface area contributed by atoms with Crippen LogP contribution in [0.2, 0.25) is 0 Å². The van der Waals surface area contributed by atoms with E-state index in [4.69, 9.17) is 10.3 Å². The molecule has 0 aliphatic carbocycles. The number of alkyl halides is 3. The van der Waals surface area contributed by atoms with Crippen LogP contribution < -0.4 is 15.7 Å². The van der Waals surface area contributed by atoms with E-state index in [2.05, 4.69) is 4.99 Å². The van der Waals surface area contributed by atoms with E-state index in [9.17, 15) is 30.0 Å². The van der Waals surface area contributed by atoms with Gasteiger partial charge < -0.3 is 0 Å². The summed E-state index contributed by atoms with van der Waals surface area (Å²) in [6.07, 6.45) is -4.71.